The normalized spacial score (nSPS) is 24.4. The predicted octanol–water partition coefficient (Wildman–Crippen LogP) is 4.93. The molecule has 1 saturated heterocycles. The molecular weight excluding hydrogens is 530 g/mol. The van der Waals surface area contributed by atoms with Crippen LogP contribution in [0.3, 0.4) is 0 Å². The smallest absolute Gasteiger partial charge is 0.234 e. The largest absolute Gasteiger partial charge is 0.507 e. The third kappa shape index (κ3) is 5.83. The van der Waals surface area contributed by atoms with Gasteiger partial charge in [-0.1, -0.05) is 55.7 Å². The van der Waals surface area contributed by atoms with Crippen LogP contribution in [-0.2, 0) is 9.59 Å². The third-order valence-electron chi connectivity index (χ3n) is 9.59. The number of imide groups is 1. The van der Waals surface area contributed by atoms with Gasteiger partial charge < -0.3 is 20.4 Å². The summed E-state index contributed by atoms with van der Waals surface area (Å²) in [5, 5.41) is 42.7. The molecule has 4 atom stereocenters. The highest BCUT2D eigenvalue weighted by molar-refractivity contribution is 6.06. The average Bonchev–Trinajstić information content (AvgIpc) is 3.26. The van der Waals surface area contributed by atoms with E-state index in [9.17, 15) is 30.0 Å². The van der Waals surface area contributed by atoms with E-state index in [2.05, 4.69) is 6.08 Å². The van der Waals surface area contributed by atoms with Crippen LogP contribution in [-0.4, -0.2) is 62.5 Å². The Kier molecular flexibility index (Phi) is 9.31. The second-order valence-corrected chi connectivity index (χ2v) is 12.3. The summed E-state index contributed by atoms with van der Waals surface area (Å²) >= 11 is 0. The molecule has 2 fully saturated rings. The van der Waals surface area contributed by atoms with Crippen LogP contribution in [0.15, 0.2) is 53.6 Å². The fourth-order valence-electron chi connectivity index (χ4n) is 7.50. The first kappa shape index (κ1) is 30.2. The van der Waals surface area contributed by atoms with E-state index in [1.165, 1.54) is 4.90 Å². The lowest BCUT2D eigenvalue weighted by atomic mass is 9.68. The van der Waals surface area contributed by atoms with Crippen molar-refractivity contribution in [1.29, 1.82) is 0 Å². The number of likely N-dealkylation sites (tertiary alicyclic amines) is 1. The zero-order chi connectivity index (χ0) is 30.0. The van der Waals surface area contributed by atoms with Gasteiger partial charge in [-0.3, -0.25) is 14.5 Å². The number of carbonyl (C=O) groups excluding carboxylic acids is 2. The van der Waals surface area contributed by atoms with Crippen molar-refractivity contribution >= 4 is 23.5 Å². The number of aliphatic hydroxyl groups is 3. The average molecular weight is 574 g/mol. The number of hydrogen-bond acceptors (Lipinski definition) is 6. The van der Waals surface area contributed by atoms with Gasteiger partial charge in [-0.05, 0) is 97.1 Å². The van der Waals surface area contributed by atoms with Crippen molar-refractivity contribution in [3.63, 3.8) is 0 Å². The summed E-state index contributed by atoms with van der Waals surface area (Å²) in [6.07, 6.45) is 6.82. The molecule has 7 nitrogen and oxygen atoms in total. The molecule has 7 heteroatoms. The van der Waals surface area contributed by atoms with Gasteiger partial charge in [0.2, 0.25) is 11.8 Å². The van der Waals surface area contributed by atoms with Gasteiger partial charge in [0, 0.05) is 12.0 Å². The number of hydrogen-bond donors (Lipinski definition) is 4. The number of amides is 2. The van der Waals surface area contributed by atoms with Crippen LogP contribution >= 0.6 is 0 Å². The van der Waals surface area contributed by atoms with Crippen molar-refractivity contribution in [2.45, 2.75) is 77.4 Å². The van der Waals surface area contributed by atoms with E-state index in [4.69, 9.17) is 0 Å². The van der Waals surface area contributed by atoms with E-state index in [0.717, 1.165) is 59.9 Å². The molecule has 1 heterocycles. The highest BCUT2D eigenvalue weighted by Crippen LogP contribution is 2.47. The minimum atomic E-state index is -0.993. The molecule has 2 aromatic rings. The van der Waals surface area contributed by atoms with Gasteiger partial charge in [0.1, 0.15) is 5.75 Å². The van der Waals surface area contributed by atoms with Crippen LogP contribution in [0.25, 0.3) is 11.6 Å². The van der Waals surface area contributed by atoms with E-state index in [0.29, 0.717) is 24.0 Å². The lowest BCUT2D eigenvalue weighted by Crippen LogP contribution is -2.42. The number of fused-ring (bicyclic) bond motifs is 1. The fraction of sp³-hybridized carbons (Fsp3) is 0.486. The zero-order valence-electron chi connectivity index (χ0n) is 24.6. The van der Waals surface area contributed by atoms with E-state index in [1.54, 1.807) is 0 Å². The third-order valence-corrected chi connectivity index (χ3v) is 9.59. The number of benzene rings is 2. The number of aliphatic hydroxyl groups excluding tert-OH is 3. The first-order chi connectivity index (χ1) is 20.2. The van der Waals surface area contributed by atoms with Gasteiger partial charge in [0.25, 0.3) is 0 Å². The van der Waals surface area contributed by atoms with Gasteiger partial charge in [-0.25, -0.2) is 0 Å². The monoisotopic (exact) mass is 573 g/mol. The molecule has 2 aromatic carbocycles. The lowest BCUT2D eigenvalue weighted by molar-refractivity contribution is -0.143. The number of phenolic OH excluding ortho intramolecular Hbond substituents is 1. The summed E-state index contributed by atoms with van der Waals surface area (Å²) < 4.78 is 0. The zero-order valence-corrected chi connectivity index (χ0v) is 24.6. The second-order valence-electron chi connectivity index (χ2n) is 12.3. The number of rotatable bonds is 9. The Balaban J connectivity index is 1.42. The van der Waals surface area contributed by atoms with Crippen molar-refractivity contribution < 1.29 is 30.0 Å². The summed E-state index contributed by atoms with van der Waals surface area (Å²) in [6.45, 7) is 3.03. The molecule has 0 radical (unpaired) electrons. The first-order valence-corrected chi connectivity index (χ1v) is 15.3. The number of carbonyl (C=O) groups is 2. The van der Waals surface area contributed by atoms with Gasteiger partial charge >= 0.3 is 0 Å². The fourth-order valence-corrected chi connectivity index (χ4v) is 7.50. The van der Waals surface area contributed by atoms with Crippen LogP contribution in [0.5, 0.6) is 5.75 Å². The Morgan fingerprint density at radius 1 is 1.00 bits per heavy atom. The maximum Gasteiger partial charge on any atom is 0.234 e. The van der Waals surface area contributed by atoms with Gasteiger partial charge in [0.05, 0.1) is 31.2 Å². The molecule has 0 aromatic heterocycles. The summed E-state index contributed by atoms with van der Waals surface area (Å²) in [4.78, 5) is 28.7. The highest BCUT2D eigenvalue weighted by Gasteiger charge is 2.56. The molecular formula is C35H43NO6. The van der Waals surface area contributed by atoms with Crippen molar-refractivity contribution in [1.82, 2.24) is 4.90 Å². The lowest BCUT2D eigenvalue weighted by Gasteiger charge is -2.36. The van der Waals surface area contributed by atoms with E-state index >= 15 is 0 Å². The van der Waals surface area contributed by atoms with Crippen LogP contribution in [0.1, 0.15) is 73.6 Å². The van der Waals surface area contributed by atoms with Gasteiger partial charge in [-0.2, -0.15) is 0 Å². The van der Waals surface area contributed by atoms with Gasteiger partial charge in [-0.15, -0.1) is 0 Å². The van der Waals surface area contributed by atoms with Crippen molar-refractivity contribution in [2.24, 2.45) is 17.8 Å². The number of aromatic hydroxyl groups is 1. The molecule has 42 heavy (non-hydrogen) atoms. The van der Waals surface area contributed by atoms with E-state index in [-0.39, 0.29) is 43.2 Å². The quantitative estimate of drug-likeness (QED) is 0.192. The number of nitrogens with zero attached hydrogens (tertiary/aromatic N) is 1. The molecule has 4 N–H and O–H groups in total. The Labute approximate surface area is 248 Å². The summed E-state index contributed by atoms with van der Waals surface area (Å²) in [7, 11) is 0. The molecule has 1 saturated carbocycles. The predicted molar refractivity (Wildman–Crippen MR) is 162 cm³/mol. The highest BCUT2D eigenvalue weighted by atomic mass is 16.3. The Morgan fingerprint density at radius 3 is 2.29 bits per heavy atom. The standard InChI is InChI=1S/C35H43NO6/c1-21-15-23(16-22(2)33(21)40)17-25(24-9-5-3-6-10-24)13-14-30(39)31-26(19-37)18-28-32(29(31)20-38)35(42)36(34(28)41)27-11-7-4-8-12-27/h3,5-6,9-10,15-17,27-30,32,37-40H,4,7-8,11-14,18-20H2,1-2H3/b25-17-/t28-,29+,30-,32-/m1/s1. The SMILES string of the molecule is Cc1cc(/C=C(/CC[C@@H](O)C2=C(CO)C[C@H]3C(=O)N(C4CCCCC4)C(=O)[C@H]3[C@H]2CO)c2ccccc2)cc(C)c1O. The Morgan fingerprint density at radius 2 is 1.67 bits per heavy atom. The topological polar surface area (TPSA) is 118 Å². The van der Waals surface area contributed by atoms with Crippen molar-refractivity contribution in [3.8, 4) is 5.75 Å². The molecule has 1 aliphatic heterocycles. The van der Waals surface area contributed by atoms with Crippen LogP contribution in [0.4, 0.5) is 0 Å². The summed E-state index contributed by atoms with van der Waals surface area (Å²) in [5.74, 6) is -2.17. The maximum atomic E-state index is 13.7. The number of allylic oxidation sites excluding steroid dienone is 1. The minimum absolute atomic E-state index is 0.0969. The second kappa shape index (κ2) is 12.9. The molecule has 3 aliphatic rings. The molecule has 0 spiro atoms. The molecule has 2 aliphatic carbocycles. The number of phenols is 1. The van der Waals surface area contributed by atoms with Crippen LogP contribution < -0.4 is 0 Å². The Hall–Kier alpha value is -3.26. The molecule has 5 rings (SSSR count). The summed E-state index contributed by atoms with van der Waals surface area (Å²) in [6, 6.07) is 13.7. The molecule has 0 bridgehead atoms. The molecule has 0 unspecified atom stereocenters. The number of aryl methyl sites for hydroxylation is 2. The van der Waals surface area contributed by atoms with Crippen LogP contribution in [0, 0.1) is 31.6 Å². The molecule has 224 valence electrons. The maximum absolute atomic E-state index is 13.7. The summed E-state index contributed by atoms with van der Waals surface area (Å²) in [5.41, 5.74) is 5.58. The van der Waals surface area contributed by atoms with Gasteiger partial charge in [0.15, 0.2) is 0 Å². The van der Waals surface area contributed by atoms with Crippen molar-refractivity contribution in [3.05, 3.63) is 75.9 Å². The van der Waals surface area contributed by atoms with Crippen molar-refractivity contribution in [2.75, 3.05) is 13.2 Å². The molecule has 2 amide bonds. The van der Waals surface area contributed by atoms with Crippen LogP contribution in [0.2, 0.25) is 0 Å². The Bertz CT molecular complexity index is 1350. The first-order valence-electron chi connectivity index (χ1n) is 15.3. The van der Waals surface area contributed by atoms with E-state index in [1.807, 2.05) is 56.3 Å². The minimum Gasteiger partial charge on any atom is -0.507 e. The van der Waals surface area contributed by atoms with E-state index < -0.39 is 23.9 Å².